The highest BCUT2D eigenvalue weighted by atomic mass is 32.1. The Morgan fingerprint density at radius 3 is 2.43 bits per heavy atom. The lowest BCUT2D eigenvalue weighted by Gasteiger charge is -2.21. The number of hydrogen-bond acceptors (Lipinski definition) is 3. The van der Waals surface area contributed by atoms with Crippen molar-refractivity contribution in [3.8, 4) is 0 Å². The lowest BCUT2D eigenvalue weighted by atomic mass is 10.1. The molecule has 1 aromatic carbocycles. The van der Waals surface area contributed by atoms with Crippen molar-refractivity contribution in [2.24, 2.45) is 5.92 Å². The van der Waals surface area contributed by atoms with Gasteiger partial charge in [-0.25, -0.2) is 0 Å². The minimum Gasteiger partial charge on any atom is -0.377 e. The number of nitrogens with one attached hydrogen (secondary N) is 1. The van der Waals surface area contributed by atoms with Crippen LogP contribution in [0.1, 0.15) is 36.6 Å². The van der Waals surface area contributed by atoms with E-state index in [-0.39, 0.29) is 0 Å². The molecule has 1 aliphatic heterocycles. The van der Waals surface area contributed by atoms with Gasteiger partial charge in [-0.3, -0.25) is 0 Å². The molecule has 1 saturated heterocycles. The molecule has 2 nitrogen and oxygen atoms in total. The molecule has 1 saturated carbocycles. The fourth-order valence-corrected chi connectivity index (χ4v) is 4.11. The maximum absolute atomic E-state index is 3.75. The van der Waals surface area contributed by atoms with Gasteiger partial charge in [-0.2, -0.15) is 0 Å². The van der Waals surface area contributed by atoms with Crippen molar-refractivity contribution in [2.45, 2.75) is 31.7 Å². The first kappa shape index (κ1) is 13.2. The molecular weight excluding hydrogens is 276 g/mol. The third-order valence-corrected chi connectivity index (χ3v) is 5.56. The van der Waals surface area contributed by atoms with Gasteiger partial charge in [0.25, 0.3) is 0 Å². The monoisotopic (exact) mass is 298 g/mol. The molecule has 1 aliphatic carbocycles. The Morgan fingerprint density at radius 2 is 1.81 bits per heavy atom. The van der Waals surface area contributed by atoms with Gasteiger partial charge in [0.1, 0.15) is 0 Å². The van der Waals surface area contributed by atoms with Crippen LogP contribution in [-0.2, 0) is 0 Å². The van der Waals surface area contributed by atoms with Gasteiger partial charge in [-0.1, -0.05) is 6.07 Å². The number of benzene rings is 1. The molecule has 2 aromatic rings. The molecule has 0 amide bonds. The summed E-state index contributed by atoms with van der Waals surface area (Å²) in [6, 6.07) is 14.0. The Balaban J connectivity index is 1.48. The SMILES string of the molecule is c1csc(C(Nc2ccc(N3CCCC3)cc2)C2CC2)c1. The molecule has 1 aromatic heterocycles. The third-order valence-electron chi connectivity index (χ3n) is 4.60. The largest absolute Gasteiger partial charge is 0.377 e. The normalized spacial score (nSPS) is 19.7. The van der Waals surface area contributed by atoms with Crippen LogP contribution in [0.2, 0.25) is 0 Å². The highest BCUT2D eigenvalue weighted by molar-refractivity contribution is 7.10. The molecular formula is C18H22N2S. The molecule has 1 N–H and O–H groups in total. The van der Waals surface area contributed by atoms with Gasteiger partial charge in [0.2, 0.25) is 0 Å². The summed E-state index contributed by atoms with van der Waals surface area (Å²) in [5, 5.41) is 5.94. The van der Waals surface area contributed by atoms with Gasteiger partial charge in [-0.05, 0) is 67.3 Å². The van der Waals surface area contributed by atoms with E-state index in [2.05, 4.69) is 52.0 Å². The summed E-state index contributed by atoms with van der Waals surface area (Å²) < 4.78 is 0. The summed E-state index contributed by atoms with van der Waals surface area (Å²) in [6.45, 7) is 2.43. The minimum atomic E-state index is 0.502. The molecule has 2 aliphatic rings. The second kappa shape index (κ2) is 5.72. The predicted molar refractivity (Wildman–Crippen MR) is 91.3 cm³/mol. The first-order chi connectivity index (χ1) is 10.4. The summed E-state index contributed by atoms with van der Waals surface area (Å²) >= 11 is 1.87. The average molecular weight is 298 g/mol. The number of anilines is 2. The van der Waals surface area contributed by atoms with Crippen molar-refractivity contribution < 1.29 is 0 Å². The van der Waals surface area contributed by atoms with Gasteiger partial charge >= 0.3 is 0 Å². The van der Waals surface area contributed by atoms with Crippen molar-refractivity contribution in [3.05, 3.63) is 46.7 Å². The molecule has 1 unspecified atom stereocenters. The zero-order chi connectivity index (χ0) is 14.1. The maximum Gasteiger partial charge on any atom is 0.0634 e. The topological polar surface area (TPSA) is 15.3 Å². The Labute approximate surface area is 130 Å². The first-order valence-corrected chi connectivity index (χ1v) is 8.93. The van der Waals surface area contributed by atoms with Crippen LogP contribution in [0.25, 0.3) is 0 Å². The quantitative estimate of drug-likeness (QED) is 0.843. The minimum absolute atomic E-state index is 0.502. The number of hydrogen-bond donors (Lipinski definition) is 1. The Kier molecular flexibility index (Phi) is 3.60. The van der Waals surface area contributed by atoms with Crippen LogP contribution < -0.4 is 10.2 Å². The molecule has 110 valence electrons. The van der Waals surface area contributed by atoms with Crippen molar-refractivity contribution in [3.63, 3.8) is 0 Å². The highest BCUT2D eigenvalue weighted by Gasteiger charge is 2.32. The molecule has 3 heteroatoms. The maximum atomic E-state index is 3.75. The molecule has 2 heterocycles. The van der Waals surface area contributed by atoms with Crippen LogP contribution in [0.5, 0.6) is 0 Å². The molecule has 2 fully saturated rings. The van der Waals surface area contributed by atoms with Gasteiger partial charge < -0.3 is 10.2 Å². The standard InChI is InChI=1S/C18H22N2S/c1-2-12-20(11-1)16-9-7-15(8-10-16)19-18(14-5-6-14)17-4-3-13-21-17/h3-4,7-10,13-14,18-19H,1-2,5-6,11-12H2. The molecule has 4 rings (SSSR count). The Morgan fingerprint density at radius 1 is 1.05 bits per heavy atom. The van der Waals surface area contributed by atoms with Gasteiger partial charge in [0.15, 0.2) is 0 Å². The number of rotatable bonds is 5. The molecule has 0 bridgehead atoms. The predicted octanol–water partition coefficient (Wildman–Crippen LogP) is 4.91. The zero-order valence-electron chi connectivity index (χ0n) is 12.3. The van der Waals surface area contributed by atoms with Crippen LogP contribution in [0.3, 0.4) is 0 Å². The smallest absolute Gasteiger partial charge is 0.0634 e. The van der Waals surface area contributed by atoms with E-state index in [1.54, 1.807) is 0 Å². The average Bonchev–Trinajstić information content (AvgIpc) is 3.01. The van der Waals surface area contributed by atoms with Crippen LogP contribution in [0, 0.1) is 5.92 Å². The van der Waals surface area contributed by atoms with Crippen LogP contribution in [0.15, 0.2) is 41.8 Å². The van der Waals surface area contributed by atoms with Crippen LogP contribution >= 0.6 is 11.3 Å². The molecule has 0 spiro atoms. The third kappa shape index (κ3) is 2.93. The summed E-state index contributed by atoms with van der Waals surface area (Å²) in [7, 11) is 0. The second-order valence-corrected chi connectivity index (χ2v) is 7.20. The summed E-state index contributed by atoms with van der Waals surface area (Å²) in [6.07, 6.45) is 5.40. The van der Waals surface area contributed by atoms with Crippen LogP contribution in [-0.4, -0.2) is 13.1 Å². The number of thiophene rings is 1. The van der Waals surface area contributed by atoms with E-state index in [0.717, 1.165) is 5.92 Å². The van der Waals surface area contributed by atoms with Gasteiger partial charge in [0, 0.05) is 29.3 Å². The Bertz CT molecular complexity index is 566. The van der Waals surface area contributed by atoms with E-state index in [1.165, 1.54) is 55.0 Å². The van der Waals surface area contributed by atoms with Gasteiger partial charge in [0.05, 0.1) is 6.04 Å². The van der Waals surface area contributed by atoms with Crippen molar-refractivity contribution in [1.29, 1.82) is 0 Å². The fourth-order valence-electron chi connectivity index (χ4n) is 3.24. The summed E-state index contributed by atoms with van der Waals surface area (Å²) in [5.41, 5.74) is 2.63. The Hall–Kier alpha value is -1.48. The van der Waals surface area contributed by atoms with E-state index < -0.39 is 0 Å². The molecule has 0 radical (unpaired) electrons. The van der Waals surface area contributed by atoms with Crippen molar-refractivity contribution >= 4 is 22.7 Å². The van der Waals surface area contributed by atoms with Crippen LogP contribution in [0.4, 0.5) is 11.4 Å². The highest BCUT2D eigenvalue weighted by Crippen LogP contribution is 2.44. The first-order valence-electron chi connectivity index (χ1n) is 8.05. The second-order valence-electron chi connectivity index (χ2n) is 6.22. The lowest BCUT2D eigenvalue weighted by molar-refractivity contribution is 0.691. The van der Waals surface area contributed by atoms with Crippen molar-refractivity contribution in [1.82, 2.24) is 0 Å². The van der Waals surface area contributed by atoms with E-state index in [1.807, 2.05) is 11.3 Å². The summed E-state index contributed by atoms with van der Waals surface area (Å²) in [4.78, 5) is 3.96. The van der Waals surface area contributed by atoms with E-state index in [0.29, 0.717) is 6.04 Å². The lowest BCUT2D eigenvalue weighted by Crippen LogP contribution is -2.17. The molecule has 21 heavy (non-hydrogen) atoms. The van der Waals surface area contributed by atoms with Gasteiger partial charge in [-0.15, -0.1) is 11.3 Å². The molecule has 1 atom stereocenters. The van der Waals surface area contributed by atoms with E-state index >= 15 is 0 Å². The fraction of sp³-hybridized carbons (Fsp3) is 0.444. The zero-order valence-corrected chi connectivity index (χ0v) is 13.1. The van der Waals surface area contributed by atoms with E-state index in [4.69, 9.17) is 0 Å². The van der Waals surface area contributed by atoms with E-state index in [9.17, 15) is 0 Å². The van der Waals surface area contributed by atoms with Crippen molar-refractivity contribution in [2.75, 3.05) is 23.3 Å². The summed E-state index contributed by atoms with van der Waals surface area (Å²) in [5.74, 6) is 0.821. The number of nitrogens with zero attached hydrogens (tertiary/aromatic N) is 1.